The van der Waals surface area contributed by atoms with Gasteiger partial charge < -0.3 is 14.2 Å². The molecule has 6 atom stereocenters. The number of halogens is 2. The van der Waals surface area contributed by atoms with Crippen LogP contribution in [0, 0.1) is 11.5 Å². The fraction of sp³-hybridized carbons (Fsp3) is 0.560. The average molecular weight is 584 g/mol. The number of alkyl halides is 1. The molecule has 0 aromatic heterocycles. The molecule has 1 saturated heterocycles. The lowest BCUT2D eigenvalue weighted by Gasteiger charge is -2.26. The summed E-state index contributed by atoms with van der Waals surface area (Å²) in [5.74, 6) is 2.87. The van der Waals surface area contributed by atoms with Crippen LogP contribution in [0.15, 0.2) is 40.9 Å². The van der Waals surface area contributed by atoms with Gasteiger partial charge in [0.2, 0.25) is 0 Å². The maximum absolute atomic E-state index is 12.9. The SMILES string of the molecule is CC[C@H]1O[C@H]2C[C@H]([C@@H](C#C[Si](C)(C)C)OC(=O)c3ccc(Br)cc3)O[C@H]2C/C=C\C[C@@H]1Br. The molecule has 1 fully saturated rings. The minimum atomic E-state index is -1.66. The molecule has 0 saturated carbocycles. The lowest BCUT2D eigenvalue weighted by atomic mass is 10.1. The van der Waals surface area contributed by atoms with Crippen molar-refractivity contribution in [2.75, 3.05) is 0 Å². The van der Waals surface area contributed by atoms with Gasteiger partial charge in [-0.25, -0.2) is 4.79 Å². The fourth-order valence-corrected chi connectivity index (χ4v) is 5.37. The molecule has 0 N–H and O–H groups in total. The van der Waals surface area contributed by atoms with Crippen molar-refractivity contribution < 1.29 is 19.0 Å². The predicted molar refractivity (Wildman–Crippen MR) is 138 cm³/mol. The molecule has 0 aliphatic carbocycles. The van der Waals surface area contributed by atoms with Crippen LogP contribution >= 0.6 is 31.9 Å². The molecular formula is C25H32Br2O4Si. The zero-order valence-electron chi connectivity index (χ0n) is 19.1. The van der Waals surface area contributed by atoms with Crippen LogP contribution in [-0.4, -0.2) is 49.4 Å². The van der Waals surface area contributed by atoms with Crippen molar-refractivity contribution in [3.63, 3.8) is 0 Å². The third-order valence-corrected chi connectivity index (χ3v) is 7.91. The van der Waals surface area contributed by atoms with Gasteiger partial charge in [-0.15, -0.1) is 5.54 Å². The van der Waals surface area contributed by atoms with E-state index in [1.54, 1.807) is 12.1 Å². The van der Waals surface area contributed by atoms with E-state index in [1.807, 2.05) is 12.1 Å². The molecule has 4 nitrogen and oxygen atoms in total. The Morgan fingerprint density at radius 1 is 1.16 bits per heavy atom. The molecule has 32 heavy (non-hydrogen) atoms. The van der Waals surface area contributed by atoms with Crippen LogP contribution in [-0.2, 0) is 14.2 Å². The summed E-state index contributed by atoms with van der Waals surface area (Å²) in [5, 5.41) is 0. The molecule has 1 aromatic carbocycles. The number of hydrogen-bond acceptors (Lipinski definition) is 4. The fourth-order valence-electron chi connectivity index (χ4n) is 3.82. The van der Waals surface area contributed by atoms with E-state index in [0.29, 0.717) is 12.0 Å². The van der Waals surface area contributed by atoms with Gasteiger partial charge in [0.25, 0.3) is 0 Å². The van der Waals surface area contributed by atoms with Crippen molar-refractivity contribution in [2.24, 2.45) is 0 Å². The first kappa shape index (κ1) is 25.7. The molecule has 174 valence electrons. The highest BCUT2D eigenvalue weighted by atomic mass is 79.9. The second-order valence-corrected chi connectivity index (χ2v) is 16.2. The number of carbonyl (C=O) groups excluding carboxylic acids is 1. The number of rotatable bonds is 4. The van der Waals surface area contributed by atoms with Gasteiger partial charge in [-0.1, -0.05) is 76.5 Å². The van der Waals surface area contributed by atoms with Crippen molar-refractivity contribution in [3.05, 3.63) is 46.5 Å². The third kappa shape index (κ3) is 7.29. The lowest BCUT2D eigenvalue weighted by Crippen LogP contribution is -2.33. The monoisotopic (exact) mass is 582 g/mol. The zero-order chi connectivity index (χ0) is 23.3. The van der Waals surface area contributed by atoms with Gasteiger partial charge in [-0.05, 0) is 43.5 Å². The molecule has 1 aromatic rings. The molecule has 0 bridgehead atoms. The van der Waals surface area contributed by atoms with Crippen molar-refractivity contribution in [3.8, 4) is 11.5 Å². The summed E-state index contributed by atoms with van der Waals surface area (Å²) in [6.45, 7) is 8.68. The second-order valence-electron chi connectivity index (χ2n) is 9.38. The topological polar surface area (TPSA) is 44.8 Å². The highest BCUT2D eigenvalue weighted by molar-refractivity contribution is 9.10. The Hall–Kier alpha value is -0.913. The van der Waals surface area contributed by atoms with Crippen LogP contribution < -0.4 is 0 Å². The number of allylic oxidation sites excluding steroid dienone is 1. The lowest BCUT2D eigenvalue weighted by molar-refractivity contribution is -0.0650. The van der Waals surface area contributed by atoms with Gasteiger partial charge in [-0.2, -0.15) is 0 Å². The van der Waals surface area contributed by atoms with E-state index in [4.69, 9.17) is 14.2 Å². The number of hydrogen-bond donors (Lipinski definition) is 0. The van der Waals surface area contributed by atoms with Gasteiger partial charge in [0.15, 0.2) is 6.10 Å². The first-order chi connectivity index (χ1) is 15.2. The second kappa shape index (κ2) is 11.5. The Balaban J connectivity index is 1.80. The Morgan fingerprint density at radius 2 is 1.84 bits per heavy atom. The first-order valence-electron chi connectivity index (χ1n) is 11.3. The maximum atomic E-state index is 12.9. The van der Waals surface area contributed by atoms with Crippen molar-refractivity contribution in [1.82, 2.24) is 0 Å². The van der Waals surface area contributed by atoms with Crippen molar-refractivity contribution in [2.45, 2.75) is 87.6 Å². The molecule has 0 spiro atoms. The number of ether oxygens (including phenoxy) is 3. The molecular weight excluding hydrogens is 552 g/mol. The summed E-state index contributed by atoms with van der Waals surface area (Å²) in [5.41, 5.74) is 3.87. The van der Waals surface area contributed by atoms with Gasteiger partial charge in [-0.3, -0.25) is 0 Å². The summed E-state index contributed by atoms with van der Waals surface area (Å²) >= 11 is 7.18. The van der Waals surface area contributed by atoms with E-state index in [1.165, 1.54) is 0 Å². The zero-order valence-corrected chi connectivity index (χ0v) is 23.3. The summed E-state index contributed by atoms with van der Waals surface area (Å²) < 4.78 is 19.7. The van der Waals surface area contributed by atoms with Crippen LogP contribution in [0.5, 0.6) is 0 Å². The quantitative estimate of drug-likeness (QED) is 0.137. The van der Waals surface area contributed by atoms with Crippen LogP contribution in [0.3, 0.4) is 0 Å². The van der Waals surface area contributed by atoms with E-state index >= 15 is 0 Å². The van der Waals surface area contributed by atoms with Crippen LogP contribution in [0.1, 0.15) is 43.0 Å². The number of benzene rings is 1. The molecule has 0 amide bonds. The van der Waals surface area contributed by atoms with Gasteiger partial charge in [0.1, 0.15) is 14.2 Å². The molecule has 0 unspecified atom stereocenters. The first-order valence-corrected chi connectivity index (χ1v) is 16.5. The van der Waals surface area contributed by atoms with Crippen molar-refractivity contribution >= 4 is 45.9 Å². The summed E-state index contributed by atoms with van der Waals surface area (Å²) in [6.07, 6.45) is 6.75. The van der Waals surface area contributed by atoms with Crippen LogP contribution in [0.2, 0.25) is 19.6 Å². The molecule has 2 aliphatic rings. The van der Waals surface area contributed by atoms with Crippen LogP contribution in [0.25, 0.3) is 0 Å². The van der Waals surface area contributed by atoms with Gasteiger partial charge in [0, 0.05) is 15.7 Å². The average Bonchev–Trinajstić information content (AvgIpc) is 3.15. The Labute approximate surface area is 209 Å². The smallest absolute Gasteiger partial charge is 0.339 e. The van der Waals surface area contributed by atoms with E-state index in [2.05, 4.69) is 82.0 Å². The maximum Gasteiger partial charge on any atom is 0.339 e. The highest BCUT2D eigenvalue weighted by Crippen LogP contribution is 2.33. The van der Waals surface area contributed by atoms with E-state index < -0.39 is 14.2 Å². The summed E-state index contributed by atoms with van der Waals surface area (Å²) in [4.78, 5) is 13.1. The van der Waals surface area contributed by atoms with Crippen molar-refractivity contribution in [1.29, 1.82) is 0 Å². The van der Waals surface area contributed by atoms with E-state index in [9.17, 15) is 4.79 Å². The minimum Gasteiger partial charge on any atom is -0.443 e. The summed E-state index contributed by atoms with van der Waals surface area (Å²) in [6, 6.07) is 7.16. The molecule has 0 radical (unpaired) electrons. The Kier molecular flexibility index (Phi) is 9.22. The van der Waals surface area contributed by atoms with Gasteiger partial charge in [0.05, 0.1) is 23.9 Å². The molecule has 3 rings (SSSR count). The van der Waals surface area contributed by atoms with E-state index in [0.717, 1.165) is 23.7 Å². The number of carbonyl (C=O) groups is 1. The Morgan fingerprint density at radius 3 is 2.50 bits per heavy atom. The van der Waals surface area contributed by atoms with Gasteiger partial charge >= 0.3 is 5.97 Å². The Bertz CT molecular complexity index is 869. The van der Waals surface area contributed by atoms with E-state index in [-0.39, 0.29) is 35.2 Å². The minimum absolute atomic E-state index is 0.0460. The largest absolute Gasteiger partial charge is 0.443 e. The third-order valence-electron chi connectivity index (χ3n) is 5.52. The standard InChI is InChI=1S/C25H32Br2O4Si/c1-5-20-19(27)8-6-7-9-21-23(29-20)16-24(30-21)22(14-15-32(2,3)4)31-25(28)17-10-12-18(26)13-11-17/h6-7,10-13,19-24H,5,8-9,16H2,1-4H3/b7-6-/t19-,20+,21-,22+,23-,24+/m0/s1. The number of fused-ring (bicyclic) bond motifs is 1. The van der Waals surface area contributed by atoms with Crippen LogP contribution in [0.4, 0.5) is 0 Å². The number of esters is 1. The molecule has 2 heterocycles. The molecule has 2 aliphatic heterocycles. The molecule has 7 heteroatoms. The highest BCUT2D eigenvalue weighted by Gasteiger charge is 2.42. The normalized spacial score (nSPS) is 30.0. The predicted octanol–water partition coefficient (Wildman–Crippen LogP) is 6.29. The summed E-state index contributed by atoms with van der Waals surface area (Å²) in [7, 11) is -1.66.